The van der Waals surface area contributed by atoms with E-state index in [4.69, 9.17) is 4.42 Å². The summed E-state index contributed by atoms with van der Waals surface area (Å²) in [7, 11) is 0. The van der Waals surface area contributed by atoms with Crippen molar-refractivity contribution >= 4 is 49.8 Å². The molecule has 0 atom stereocenters. The van der Waals surface area contributed by atoms with Gasteiger partial charge in [0.2, 0.25) is 0 Å². The Bertz CT molecular complexity index is 2720. The van der Waals surface area contributed by atoms with Gasteiger partial charge >= 0.3 is 0 Å². The maximum absolute atomic E-state index is 6.47. The van der Waals surface area contributed by atoms with Crippen LogP contribution in [0.5, 0.6) is 0 Å². The third kappa shape index (κ3) is 5.67. The molecule has 1 aliphatic rings. The Morgan fingerprint density at radius 3 is 1.80 bits per heavy atom. The Morgan fingerprint density at radius 1 is 0.407 bits per heavy atom. The normalized spacial score (nSPS) is 14.1. The van der Waals surface area contributed by atoms with Crippen molar-refractivity contribution in [2.45, 2.75) is 37.5 Å². The summed E-state index contributed by atoms with van der Waals surface area (Å²) in [6.07, 6.45) is 6.20. The summed E-state index contributed by atoms with van der Waals surface area (Å²) in [5.74, 6) is 0. The molecule has 260 valence electrons. The zero-order valence-corrected chi connectivity index (χ0v) is 30.3. The minimum absolute atomic E-state index is 0.0484. The first kappa shape index (κ1) is 32.3. The third-order valence-electron chi connectivity index (χ3n) is 11.7. The highest BCUT2D eigenvalue weighted by Crippen LogP contribution is 2.47. The Morgan fingerprint density at radius 2 is 1.04 bits per heavy atom. The van der Waals surface area contributed by atoms with E-state index in [2.05, 4.69) is 193 Å². The molecule has 9 aromatic rings. The van der Waals surface area contributed by atoms with Gasteiger partial charge < -0.3 is 9.32 Å². The Hall–Kier alpha value is -6.38. The van der Waals surface area contributed by atoms with E-state index >= 15 is 0 Å². The fourth-order valence-corrected chi connectivity index (χ4v) is 9.02. The summed E-state index contributed by atoms with van der Waals surface area (Å²) in [5, 5.41) is 4.76. The number of hydrogen-bond acceptors (Lipinski definition) is 2. The van der Waals surface area contributed by atoms with Crippen LogP contribution in [0, 0.1) is 0 Å². The summed E-state index contributed by atoms with van der Waals surface area (Å²) in [4.78, 5) is 2.40. The van der Waals surface area contributed by atoms with Crippen molar-refractivity contribution < 1.29 is 4.42 Å². The van der Waals surface area contributed by atoms with Crippen molar-refractivity contribution in [3.63, 3.8) is 0 Å². The van der Waals surface area contributed by atoms with Gasteiger partial charge in [0.1, 0.15) is 11.2 Å². The first-order valence-electron chi connectivity index (χ1n) is 19.3. The maximum Gasteiger partial charge on any atom is 0.136 e. The van der Waals surface area contributed by atoms with Gasteiger partial charge in [0.25, 0.3) is 0 Å². The molecule has 1 aliphatic carbocycles. The number of rotatable bonds is 7. The summed E-state index contributed by atoms with van der Waals surface area (Å²) >= 11 is 0. The molecule has 1 fully saturated rings. The molecule has 8 aromatic carbocycles. The van der Waals surface area contributed by atoms with Gasteiger partial charge in [0, 0.05) is 33.2 Å². The molecular formula is C52H41NO. The van der Waals surface area contributed by atoms with E-state index in [1.54, 1.807) is 0 Å². The van der Waals surface area contributed by atoms with Gasteiger partial charge in [-0.1, -0.05) is 153 Å². The Labute approximate surface area is 316 Å². The van der Waals surface area contributed by atoms with Gasteiger partial charge in [-0.05, 0) is 112 Å². The minimum atomic E-state index is 0.0484. The molecule has 1 saturated carbocycles. The third-order valence-corrected chi connectivity index (χ3v) is 11.7. The van der Waals surface area contributed by atoms with Gasteiger partial charge in [-0.15, -0.1) is 0 Å². The highest BCUT2D eigenvalue weighted by molar-refractivity contribution is 6.13. The lowest BCUT2D eigenvalue weighted by molar-refractivity contribution is 0.346. The van der Waals surface area contributed by atoms with Crippen molar-refractivity contribution in [1.82, 2.24) is 0 Å². The number of fused-ring (bicyclic) bond motifs is 4. The molecule has 10 rings (SSSR count). The smallest absolute Gasteiger partial charge is 0.136 e. The van der Waals surface area contributed by atoms with Crippen LogP contribution in [0.25, 0.3) is 55.0 Å². The van der Waals surface area contributed by atoms with E-state index in [1.807, 2.05) is 0 Å². The summed E-state index contributed by atoms with van der Waals surface area (Å²) in [6.45, 7) is 0. The predicted molar refractivity (Wildman–Crippen MR) is 227 cm³/mol. The van der Waals surface area contributed by atoms with Gasteiger partial charge in [0.15, 0.2) is 0 Å². The number of anilines is 3. The van der Waals surface area contributed by atoms with Crippen LogP contribution in [0.3, 0.4) is 0 Å². The molecule has 0 spiro atoms. The van der Waals surface area contributed by atoms with E-state index in [0.29, 0.717) is 0 Å². The average Bonchev–Trinajstić information content (AvgIpc) is 3.63. The average molecular weight is 696 g/mol. The van der Waals surface area contributed by atoms with Crippen molar-refractivity contribution in [1.29, 1.82) is 0 Å². The van der Waals surface area contributed by atoms with Crippen molar-refractivity contribution in [2.24, 2.45) is 0 Å². The van der Waals surface area contributed by atoms with Gasteiger partial charge in [-0.25, -0.2) is 0 Å². The molecule has 2 heteroatoms. The monoisotopic (exact) mass is 695 g/mol. The predicted octanol–water partition coefficient (Wildman–Crippen LogP) is 14.8. The van der Waals surface area contributed by atoms with Gasteiger partial charge in [-0.3, -0.25) is 0 Å². The van der Waals surface area contributed by atoms with Crippen LogP contribution in [0.2, 0.25) is 0 Å². The largest absolute Gasteiger partial charge is 0.456 e. The van der Waals surface area contributed by atoms with Crippen molar-refractivity contribution in [3.05, 3.63) is 199 Å². The lowest BCUT2D eigenvalue weighted by Crippen LogP contribution is -2.30. The van der Waals surface area contributed by atoms with Crippen LogP contribution in [-0.4, -0.2) is 0 Å². The summed E-state index contributed by atoms with van der Waals surface area (Å²) < 4.78 is 6.47. The number of benzene rings is 8. The Balaban J connectivity index is 1.11. The summed E-state index contributed by atoms with van der Waals surface area (Å²) in [6, 6.07) is 68.6. The second-order valence-corrected chi connectivity index (χ2v) is 14.8. The van der Waals surface area contributed by atoms with Crippen LogP contribution >= 0.6 is 0 Å². The molecule has 0 aliphatic heterocycles. The van der Waals surface area contributed by atoms with Crippen LogP contribution in [0.4, 0.5) is 17.1 Å². The first-order chi connectivity index (χ1) is 26.7. The fraction of sp³-hybridized carbons (Fsp3) is 0.115. The Kier molecular flexibility index (Phi) is 8.10. The number of furan rings is 1. The molecule has 2 nitrogen and oxygen atoms in total. The maximum atomic E-state index is 6.47. The molecule has 54 heavy (non-hydrogen) atoms. The first-order valence-corrected chi connectivity index (χ1v) is 19.3. The van der Waals surface area contributed by atoms with Crippen LogP contribution in [0.1, 0.15) is 43.2 Å². The van der Waals surface area contributed by atoms with Crippen LogP contribution < -0.4 is 4.90 Å². The molecule has 0 unspecified atom stereocenters. The molecule has 1 aromatic heterocycles. The van der Waals surface area contributed by atoms with E-state index in [1.165, 1.54) is 76.3 Å². The molecule has 0 saturated heterocycles. The van der Waals surface area contributed by atoms with Crippen LogP contribution in [-0.2, 0) is 5.41 Å². The molecular weight excluding hydrogens is 655 g/mol. The van der Waals surface area contributed by atoms with E-state index < -0.39 is 0 Å². The van der Waals surface area contributed by atoms with E-state index in [9.17, 15) is 0 Å². The molecule has 0 amide bonds. The summed E-state index contributed by atoms with van der Waals surface area (Å²) in [5.41, 5.74) is 12.8. The molecule has 0 N–H and O–H groups in total. The zero-order valence-electron chi connectivity index (χ0n) is 30.3. The number of nitrogens with zero attached hydrogens (tertiary/aromatic N) is 1. The molecule has 0 radical (unpaired) electrons. The van der Waals surface area contributed by atoms with Crippen molar-refractivity contribution in [3.8, 4) is 22.3 Å². The minimum Gasteiger partial charge on any atom is -0.456 e. The molecule has 1 heterocycles. The second-order valence-electron chi connectivity index (χ2n) is 14.8. The quantitative estimate of drug-likeness (QED) is 0.165. The van der Waals surface area contributed by atoms with E-state index in [-0.39, 0.29) is 5.41 Å². The lowest BCUT2D eigenvalue weighted by Gasteiger charge is -2.39. The highest BCUT2D eigenvalue weighted by atomic mass is 16.3. The van der Waals surface area contributed by atoms with Gasteiger partial charge in [-0.2, -0.15) is 0 Å². The molecule has 0 bridgehead atoms. The standard InChI is InChI=1S/C52H41NO/c1-4-14-39(15-5-1)47-19-12-20-50-51(47)48-36-46(31-32-49(48)54-50)53(44-27-23-38(24-28-44)41-22-21-37-13-8-9-16-40(37)35-41)45-29-25-43(26-30-45)52(33-10-3-11-34-52)42-17-6-2-7-18-42/h1-2,4-9,12-32,35-36H,3,10-11,33-34H2. The van der Waals surface area contributed by atoms with Gasteiger partial charge in [0.05, 0.1) is 0 Å². The second kappa shape index (κ2) is 13.5. The topological polar surface area (TPSA) is 16.4 Å². The van der Waals surface area contributed by atoms with Crippen LogP contribution in [0.15, 0.2) is 192 Å². The number of hydrogen-bond donors (Lipinski definition) is 0. The van der Waals surface area contributed by atoms with Crippen molar-refractivity contribution in [2.75, 3.05) is 4.90 Å². The zero-order chi connectivity index (χ0) is 35.9. The lowest BCUT2D eigenvalue weighted by atomic mass is 9.65. The fourth-order valence-electron chi connectivity index (χ4n) is 9.02. The van der Waals surface area contributed by atoms with E-state index in [0.717, 1.165) is 39.0 Å². The highest BCUT2D eigenvalue weighted by Gasteiger charge is 2.35. The SMILES string of the molecule is c1ccc(-c2cccc3oc4ccc(N(c5ccc(-c6ccc7ccccc7c6)cc5)c5ccc(C6(c7ccccc7)CCCCC6)cc5)cc4c23)cc1.